The number of hydrogen-bond acceptors (Lipinski definition) is 2. The van der Waals surface area contributed by atoms with E-state index >= 15 is 0 Å². The van der Waals surface area contributed by atoms with Gasteiger partial charge < -0.3 is 10.5 Å². The summed E-state index contributed by atoms with van der Waals surface area (Å²) in [7, 11) is 1.75. The minimum absolute atomic E-state index is 0.380. The van der Waals surface area contributed by atoms with Gasteiger partial charge in [-0.05, 0) is 31.6 Å². The number of rotatable bonds is 9. The zero-order valence-electron chi connectivity index (χ0n) is 10.1. The zero-order valence-corrected chi connectivity index (χ0v) is 10.1. The molecule has 0 aromatic rings. The van der Waals surface area contributed by atoms with Crippen LogP contribution >= 0.6 is 0 Å². The first-order valence-corrected chi connectivity index (χ1v) is 6.00. The van der Waals surface area contributed by atoms with Gasteiger partial charge in [-0.3, -0.25) is 0 Å². The van der Waals surface area contributed by atoms with Gasteiger partial charge in [0.25, 0.3) is 0 Å². The molecule has 0 fully saturated rings. The van der Waals surface area contributed by atoms with Crippen LogP contribution in [0.4, 0.5) is 0 Å². The molecule has 0 aliphatic rings. The van der Waals surface area contributed by atoms with Crippen molar-refractivity contribution in [2.75, 3.05) is 13.7 Å². The molecule has 0 spiro atoms. The molecule has 0 rings (SSSR count). The predicted octanol–water partition coefficient (Wildman–Crippen LogP) is 2.96. The summed E-state index contributed by atoms with van der Waals surface area (Å²) in [5.74, 6) is 0.724. The van der Waals surface area contributed by atoms with Gasteiger partial charge in [0.1, 0.15) is 0 Å². The molecule has 86 valence electrons. The third-order valence-corrected chi connectivity index (χ3v) is 2.81. The number of ether oxygens (including phenoxy) is 1. The summed E-state index contributed by atoms with van der Waals surface area (Å²) in [4.78, 5) is 0. The van der Waals surface area contributed by atoms with Crippen molar-refractivity contribution in [3.8, 4) is 0 Å². The van der Waals surface area contributed by atoms with Gasteiger partial charge in [-0.2, -0.15) is 0 Å². The van der Waals surface area contributed by atoms with Gasteiger partial charge in [0.05, 0.1) is 0 Å². The summed E-state index contributed by atoms with van der Waals surface area (Å²) in [6, 6.07) is 0.380. The molecule has 0 saturated heterocycles. The molecule has 0 aromatic carbocycles. The Balaban J connectivity index is 3.69. The third-order valence-electron chi connectivity index (χ3n) is 2.81. The van der Waals surface area contributed by atoms with E-state index in [-0.39, 0.29) is 0 Å². The highest BCUT2D eigenvalue weighted by atomic mass is 16.5. The van der Waals surface area contributed by atoms with Crippen LogP contribution in [0.2, 0.25) is 0 Å². The second kappa shape index (κ2) is 9.47. The first-order chi connectivity index (χ1) is 6.76. The maximum absolute atomic E-state index is 6.18. The quantitative estimate of drug-likeness (QED) is 0.582. The van der Waals surface area contributed by atoms with E-state index in [9.17, 15) is 0 Å². The van der Waals surface area contributed by atoms with E-state index in [1.165, 1.54) is 25.7 Å². The second-order valence-corrected chi connectivity index (χ2v) is 4.14. The monoisotopic (exact) mass is 201 g/mol. The van der Waals surface area contributed by atoms with Crippen LogP contribution in [0, 0.1) is 5.92 Å². The van der Waals surface area contributed by atoms with Crippen LogP contribution in [0.25, 0.3) is 0 Å². The smallest absolute Gasteiger partial charge is 0.0462 e. The molecule has 0 radical (unpaired) electrons. The molecule has 0 bridgehead atoms. The molecule has 2 nitrogen and oxygen atoms in total. The number of hydrogen-bond donors (Lipinski definition) is 1. The Bertz CT molecular complexity index is 111. The number of methoxy groups -OCH3 is 1. The SMILES string of the molecule is CCCC(CCC)C(N)CCCOC. The van der Waals surface area contributed by atoms with Crippen molar-refractivity contribution in [1.82, 2.24) is 0 Å². The lowest BCUT2D eigenvalue weighted by Crippen LogP contribution is -2.30. The van der Waals surface area contributed by atoms with Crippen molar-refractivity contribution in [1.29, 1.82) is 0 Å². The average Bonchev–Trinajstić information content (AvgIpc) is 2.18. The molecule has 1 atom stereocenters. The van der Waals surface area contributed by atoms with Crippen molar-refractivity contribution < 1.29 is 4.74 Å². The zero-order chi connectivity index (χ0) is 10.8. The standard InChI is InChI=1S/C12H27NO/c1-4-7-11(8-5-2)12(13)9-6-10-14-3/h11-12H,4-10,13H2,1-3H3. The summed E-state index contributed by atoms with van der Waals surface area (Å²) in [5, 5.41) is 0. The van der Waals surface area contributed by atoms with Crippen LogP contribution in [-0.2, 0) is 4.74 Å². The van der Waals surface area contributed by atoms with E-state index in [4.69, 9.17) is 10.5 Å². The fourth-order valence-electron chi connectivity index (χ4n) is 2.01. The van der Waals surface area contributed by atoms with Crippen molar-refractivity contribution in [3.63, 3.8) is 0 Å². The Hall–Kier alpha value is -0.0800. The highest BCUT2D eigenvalue weighted by Gasteiger charge is 2.15. The molecule has 0 aliphatic heterocycles. The highest BCUT2D eigenvalue weighted by molar-refractivity contribution is 4.72. The Morgan fingerprint density at radius 1 is 1.07 bits per heavy atom. The van der Waals surface area contributed by atoms with Crippen molar-refractivity contribution in [2.45, 2.75) is 58.4 Å². The van der Waals surface area contributed by atoms with Crippen LogP contribution in [0.3, 0.4) is 0 Å². The van der Waals surface area contributed by atoms with Gasteiger partial charge in [0, 0.05) is 19.8 Å². The van der Waals surface area contributed by atoms with E-state index in [1.807, 2.05) is 0 Å². The molecule has 0 heterocycles. The van der Waals surface area contributed by atoms with Crippen LogP contribution < -0.4 is 5.73 Å². The van der Waals surface area contributed by atoms with Crippen LogP contribution in [-0.4, -0.2) is 19.8 Å². The Labute approximate surface area is 89.2 Å². The van der Waals surface area contributed by atoms with E-state index in [1.54, 1.807) is 7.11 Å². The molecule has 0 aromatic heterocycles. The van der Waals surface area contributed by atoms with E-state index in [0.717, 1.165) is 25.4 Å². The molecule has 14 heavy (non-hydrogen) atoms. The molecule has 0 saturated carbocycles. The Morgan fingerprint density at radius 3 is 2.07 bits per heavy atom. The van der Waals surface area contributed by atoms with Gasteiger partial charge in [-0.25, -0.2) is 0 Å². The molecule has 0 aliphatic carbocycles. The van der Waals surface area contributed by atoms with Crippen LogP contribution in [0.15, 0.2) is 0 Å². The fraction of sp³-hybridized carbons (Fsp3) is 1.00. The summed E-state index contributed by atoms with van der Waals surface area (Å²) in [6.07, 6.45) is 7.27. The molecule has 2 N–H and O–H groups in total. The predicted molar refractivity (Wildman–Crippen MR) is 62.4 cm³/mol. The lowest BCUT2D eigenvalue weighted by molar-refractivity contribution is 0.185. The van der Waals surface area contributed by atoms with E-state index < -0.39 is 0 Å². The first-order valence-electron chi connectivity index (χ1n) is 6.00. The fourth-order valence-corrected chi connectivity index (χ4v) is 2.01. The topological polar surface area (TPSA) is 35.2 Å². The van der Waals surface area contributed by atoms with Crippen LogP contribution in [0.5, 0.6) is 0 Å². The van der Waals surface area contributed by atoms with Crippen molar-refractivity contribution >= 4 is 0 Å². The lowest BCUT2D eigenvalue weighted by atomic mass is 9.88. The maximum atomic E-state index is 6.18. The molecule has 0 amide bonds. The van der Waals surface area contributed by atoms with Gasteiger partial charge >= 0.3 is 0 Å². The summed E-state index contributed by atoms with van der Waals surface area (Å²) in [5.41, 5.74) is 6.18. The summed E-state index contributed by atoms with van der Waals surface area (Å²) >= 11 is 0. The highest BCUT2D eigenvalue weighted by Crippen LogP contribution is 2.19. The summed E-state index contributed by atoms with van der Waals surface area (Å²) < 4.78 is 5.04. The maximum Gasteiger partial charge on any atom is 0.0462 e. The third kappa shape index (κ3) is 6.39. The summed E-state index contributed by atoms with van der Waals surface area (Å²) in [6.45, 7) is 5.33. The Morgan fingerprint density at radius 2 is 1.64 bits per heavy atom. The van der Waals surface area contributed by atoms with E-state index in [2.05, 4.69) is 13.8 Å². The number of nitrogens with two attached hydrogens (primary N) is 1. The minimum atomic E-state index is 0.380. The van der Waals surface area contributed by atoms with Crippen LogP contribution in [0.1, 0.15) is 52.4 Å². The van der Waals surface area contributed by atoms with Crippen molar-refractivity contribution in [2.24, 2.45) is 11.7 Å². The van der Waals surface area contributed by atoms with Gasteiger partial charge in [-0.1, -0.05) is 26.7 Å². The molecule has 2 heteroatoms. The molecule has 1 unspecified atom stereocenters. The largest absolute Gasteiger partial charge is 0.385 e. The normalized spacial score (nSPS) is 13.5. The molecular weight excluding hydrogens is 174 g/mol. The molecular formula is C12H27NO. The minimum Gasteiger partial charge on any atom is -0.385 e. The second-order valence-electron chi connectivity index (χ2n) is 4.14. The Kier molecular flexibility index (Phi) is 9.42. The average molecular weight is 201 g/mol. The first kappa shape index (κ1) is 13.9. The van der Waals surface area contributed by atoms with E-state index in [0.29, 0.717) is 6.04 Å². The van der Waals surface area contributed by atoms with Gasteiger partial charge in [-0.15, -0.1) is 0 Å². The lowest BCUT2D eigenvalue weighted by Gasteiger charge is -2.22. The van der Waals surface area contributed by atoms with Gasteiger partial charge in [0.2, 0.25) is 0 Å². The van der Waals surface area contributed by atoms with Gasteiger partial charge in [0.15, 0.2) is 0 Å². The van der Waals surface area contributed by atoms with Crippen molar-refractivity contribution in [3.05, 3.63) is 0 Å².